The third kappa shape index (κ3) is 3.66. The third-order valence-corrected chi connectivity index (χ3v) is 4.02. The van der Waals surface area contributed by atoms with Gasteiger partial charge in [0.05, 0.1) is 24.6 Å². The number of amides is 2. The van der Waals surface area contributed by atoms with Crippen molar-refractivity contribution in [2.24, 2.45) is 11.8 Å². The van der Waals surface area contributed by atoms with E-state index in [1.54, 1.807) is 24.0 Å². The van der Waals surface area contributed by atoms with Gasteiger partial charge in [0.15, 0.2) is 0 Å². The van der Waals surface area contributed by atoms with E-state index in [-0.39, 0.29) is 18.2 Å². The normalized spacial score (nSPS) is 20.7. The van der Waals surface area contributed by atoms with Crippen LogP contribution < -0.4 is 5.32 Å². The number of carbonyl (C=O) groups is 3. The average Bonchev–Trinajstić information content (AvgIpc) is 3.09. The summed E-state index contributed by atoms with van der Waals surface area (Å²) < 4.78 is 5.20. The van der Waals surface area contributed by atoms with Gasteiger partial charge in [0.25, 0.3) is 0 Å². The molecule has 7 nitrogen and oxygen atoms in total. The zero-order valence-corrected chi connectivity index (χ0v) is 12.6. The van der Waals surface area contributed by atoms with Crippen molar-refractivity contribution >= 4 is 17.8 Å². The Morgan fingerprint density at radius 1 is 1.50 bits per heavy atom. The molecule has 0 aliphatic carbocycles. The van der Waals surface area contributed by atoms with Crippen LogP contribution in [0.2, 0.25) is 0 Å². The largest absolute Gasteiger partial charge is 0.481 e. The molecule has 1 aliphatic rings. The summed E-state index contributed by atoms with van der Waals surface area (Å²) in [5.41, 5.74) is 0. The third-order valence-electron chi connectivity index (χ3n) is 4.02. The number of nitrogens with zero attached hydrogens (tertiary/aromatic N) is 1. The Morgan fingerprint density at radius 2 is 2.23 bits per heavy atom. The molecule has 2 rings (SSSR count). The molecule has 120 valence electrons. The highest BCUT2D eigenvalue weighted by atomic mass is 16.4. The second-order valence-electron chi connectivity index (χ2n) is 5.68. The molecule has 2 N–H and O–H groups in total. The number of rotatable bonds is 6. The second kappa shape index (κ2) is 6.64. The molecule has 0 spiro atoms. The topological polar surface area (TPSA) is 99.9 Å². The Balaban J connectivity index is 1.89. The first-order chi connectivity index (χ1) is 10.4. The van der Waals surface area contributed by atoms with Crippen LogP contribution in [0.15, 0.2) is 22.8 Å². The molecule has 7 heteroatoms. The van der Waals surface area contributed by atoms with Gasteiger partial charge in [-0.3, -0.25) is 14.4 Å². The number of carboxylic acids is 1. The average molecular weight is 308 g/mol. The first kappa shape index (κ1) is 16.1. The Labute approximate surface area is 128 Å². The van der Waals surface area contributed by atoms with Gasteiger partial charge in [0.2, 0.25) is 11.8 Å². The first-order valence-corrected chi connectivity index (χ1v) is 7.21. The van der Waals surface area contributed by atoms with Gasteiger partial charge in [0, 0.05) is 19.0 Å². The molecule has 1 aliphatic heterocycles. The number of likely N-dealkylation sites (tertiary alicyclic amines) is 1. The van der Waals surface area contributed by atoms with Crippen molar-refractivity contribution in [1.82, 2.24) is 10.2 Å². The lowest BCUT2D eigenvalue weighted by Crippen LogP contribution is -2.43. The van der Waals surface area contributed by atoms with Gasteiger partial charge >= 0.3 is 5.97 Å². The van der Waals surface area contributed by atoms with E-state index in [9.17, 15) is 14.4 Å². The van der Waals surface area contributed by atoms with Crippen LogP contribution in [0.25, 0.3) is 0 Å². The zero-order chi connectivity index (χ0) is 16.3. The number of hydrogen-bond donors (Lipinski definition) is 2. The van der Waals surface area contributed by atoms with Crippen molar-refractivity contribution in [2.45, 2.75) is 32.9 Å². The fraction of sp³-hybridized carbons (Fsp3) is 0.533. The molecular formula is C15H20N2O5. The van der Waals surface area contributed by atoms with Crippen LogP contribution in [-0.2, 0) is 20.9 Å². The maximum absolute atomic E-state index is 12.2. The molecular weight excluding hydrogens is 288 g/mol. The molecule has 1 saturated heterocycles. The predicted molar refractivity (Wildman–Crippen MR) is 76.6 cm³/mol. The fourth-order valence-corrected chi connectivity index (χ4v) is 2.37. The minimum atomic E-state index is -0.963. The van der Waals surface area contributed by atoms with Gasteiger partial charge in [-0.2, -0.15) is 0 Å². The highest BCUT2D eigenvalue weighted by Gasteiger charge is 2.35. The Bertz CT molecular complexity index is 554. The van der Waals surface area contributed by atoms with Crippen molar-refractivity contribution < 1.29 is 23.9 Å². The molecule has 22 heavy (non-hydrogen) atoms. The molecule has 3 unspecified atom stereocenters. The van der Waals surface area contributed by atoms with E-state index in [4.69, 9.17) is 9.52 Å². The van der Waals surface area contributed by atoms with Crippen LogP contribution in [-0.4, -0.2) is 40.4 Å². The molecule has 2 heterocycles. The number of furan rings is 1. The summed E-state index contributed by atoms with van der Waals surface area (Å²) in [5, 5.41) is 11.6. The fourth-order valence-electron chi connectivity index (χ4n) is 2.37. The van der Waals surface area contributed by atoms with E-state index in [2.05, 4.69) is 5.32 Å². The predicted octanol–water partition coefficient (Wildman–Crippen LogP) is 0.853. The van der Waals surface area contributed by atoms with Crippen molar-refractivity contribution in [2.75, 3.05) is 6.54 Å². The molecule has 0 radical (unpaired) electrons. The van der Waals surface area contributed by atoms with Gasteiger partial charge in [-0.1, -0.05) is 0 Å². The van der Waals surface area contributed by atoms with Gasteiger partial charge in [-0.25, -0.2) is 0 Å². The summed E-state index contributed by atoms with van der Waals surface area (Å²) >= 11 is 0. The van der Waals surface area contributed by atoms with Crippen molar-refractivity contribution in [3.05, 3.63) is 24.2 Å². The summed E-state index contributed by atoms with van der Waals surface area (Å²) in [6.07, 6.45) is 1.68. The molecule has 0 bridgehead atoms. The minimum Gasteiger partial charge on any atom is -0.481 e. The van der Waals surface area contributed by atoms with Crippen LogP contribution in [0, 0.1) is 11.8 Å². The number of aliphatic carboxylic acids is 1. The summed E-state index contributed by atoms with van der Waals surface area (Å²) in [4.78, 5) is 36.6. The highest BCUT2D eigenvalue weighted by molar-refractivity contribution is 5.89. The molecule has 1 fully saturated rings. The monoisotopic (exact) mass is 308 g/mol. The van der Waals surface area contributed by atoms with Gasteiger partial charge < -0.3 is 19.7 Å². The van der Waals surface area contributed by atoms with Crippen molar-refractivity contribution in [3.8, 4) is 0 Å². The molecule has 2 amide bonds. The first-order valence-electron chi connectivity index (χ1n) is 7.21. The smallest absolute Gasteiger partial charge is 0.308 e. The minimum absolute atomic E-state index is 0.101. The van der Waals surface area contributed by atoms with E-state index >= 15 is 0 Å². The van der Waals surface area contributed by atoms with Crippen LogP contribution in [0.5, 0.6) is 0 Å². The van der Waals surface area contributed by atoms with Gasteiger partial charge in [-0.05, 0) is 26.0 Å². The van der Waals surface area contributed by atoms with E-state index < -0.39 is 23.8 Å². The van der Waals surface area contributed by atoms with Gasteiger partial charge in [-0.15, -0.1) is 0 Å². The summed E-state index contributed by atoms with van der Waals surface area (Å²) in [7, 11) is 0. The number of hydrogen-bond acceptors (Lipinski definition) is 4. The van der Waals surface area contributed by atoms with Crippen LogP contribution >= 0.6 is 0 Å². The van der Waals surface area contributed by atoms with E-state index in [1.807, 2.05) is 0 Å². The van der Waals surface area contributed by atoms with Crippen LogP contribution in [0.3, 0.4) is 0 Å². The molecule has 0 aromatic carbocycles. The highest BCUT2D eigenvalue weighted by Crippen LogP contribution is 2.21. The molecule has 0 saturated carbocycles. The summed E-state index contributed by atoms with van der Waals surface area (Å²) in [6.45, 7) is 3.85. The quantitative estimate of drug-likeness (QED) is 0.811. The Morgan fingerprint density at radius 3 is 2.82 bits per heavy atom. The summed E-state index contributed by atoms with van der Waals surface area (Å²) in [6, 6.07) is 3.03. The van der Waals surface area contributed by atoms with Crippen molar-refractivity contribution in [1.29, 1.82) is 0 Å². The maximum atomic E-state index is 12.2. The van der Waals surface area contributed by atoms with Crippen LogP contribution in [0.1, 0.15) is 26.0 Å². The Kier molecular flexibility index (Phi) is 4.85. The summed E-state index contributed by atoms with van der Waals surface area (Å²) in [5.74, 6) is -1.81. The van der Waals surface area contributed by atoms with Crippen molar-refractivity contribution in [3.63, 3.8) is 0 Å². The van der Waals surface area contributed by atoms with Gasteiger partial charge in [0.1, 0.15) is 5.76 Å². The SMILES string of the molecule is CC(NC(=O)C1CC(=O)N(Cc2ccco2)C1)C(C)C(=O)O. The van der Waals surface area contributed by atoms with Crippen LogP contribution in [0.4, 0.5) is 0 Å². The number of carboxylic acid groups (broad SMARTS) is 1. The van der Waals surface area contributed by atoms with E-state index in [1.165, 1.54) is 13.2 Å². The lowest BCUT2D eigenvalue weighted by molar-refractivity contribution is -0.142. The Hall–Kier alpha value is -2.31. The lowest BCUT2D eigenvalue weighted by Gasteiger charge is -2.20. The van der Waals surface area contributed by atoms with E-state index in [0.29, 0.717) is 18.8 Å². The zero-order valence-electron chi connectivity index (χ0n) is 12.6. The lowest BCUT2D eigenvalue weighted by atomic mass is 10.0. The maximum Gasteiger partial charge on any atom is 0.308 e. The number of carbonyl (C=O) groups excluding carboxylic acids is 2. The number of nitrogens with one attached hydrogen (secondary N) is 1. The van der Waals surface area contributed by atoms with E-state index in [0.717, 1.165) is 0 Å². The molecule has 3 atom stereocenters. The molecule has 1 aromatic heterocycles. The standard InChI is InChI=1S/C15H20N2O5/c1-9(15(20)21)10(2)16-14(19)11-6-13(18)17(7-11)8-12-4-3-5-22-12/h3-5,9-11H,6-8H2,1-2H3,(H,16,19)(H,20,21). The molecule has 1 aromatic rings. The second-order valence-corrected chi connectivity index (χ2v) is 5.68.